The molecule has 2 spiro atoms. The number of imidazole rings is 1. The van der Waals surface area contributed by atoms with Gasteiger partial charge in [-0.1, -0.05) is 55.7 Å². The minimum atomic E-state index is -0.0166. The van der Waals surface area contributed by atoms with Crippen molar-refractivity contribution in [1.82, 2.24) is 18.7 Å². The molecule has 5 aliphatic carbocycles. The number of rotatable bonds is 7. The number of ether oxygens (including phenoxy) is 1. The SMILES string of the molecule is Cc1cc(-n2c3ccccc3c3ccc(Oc4cccc(-n5[c](=[Pt])n(-c6c7c(cc8c6C6(CCc9ccccc96)CC8)CCC76CCc7ccccc76)c6ccccc65)c4)cc32)ncc1-c1ccc(C2CCCCC2)cc1. The van der Waals surface area contributed by atoms with Gasteiger partial charge in [0.2, 0.25) is 0 Å². The molecule has 0 radical (unpaired) electrons. The second kappa shape index (κ2) is 17.6. The van der Waals surface area contributed by atoms with Crippen molar-refractivity contribution in [2.45, 2.75) is 107 Å². The molecule has 0 amide bonds. The molecule has 11 aromatic rings. The summed E-state index contributed by atoms with van der Waals surface area (Å²) in [6, 6.07) is 66.1. The molecule has 0 aliphatic heterocycles. The second-order valence-electron chi connectivity index (χ2n) is 23.1. The number of para-hydroxylation sites is 3. The third kappa shape index (κ3) is 6.88. The maximum atomic E-state index is 6.99. The van der Waals surface area contributed by atoms with Crippen molar-refractivity contribution in [3.63, 3.8) is 0 Å². The minimum Gasteiger partial charge on any atom is -0.0581 e. The molecule has 2 atom stereocenters. The number of pyridine rings is 1. The molecule has 380 valence electrons. The summed E-state index contributed by atoms with van der Waals surface area (Å²) in [7, 11) is 0. The smallest absolute Gasteiger partial charge is 0.0581 e. The van der Waals surface area contributed by atoms with Crippen LogP contribution < -0.4 is 4.74 Å². The van der Waals surface area contributed by atoms with Crippen molar-refractivity contribution in [3.05, 3.63) is 242 Å². The van der Waals surface area contributed by atoms with Crippen LogP contribution in [0.1, 0.15) is 119 Å². The van der Waals surface area contributed by atoms with Gasteiger partial charge in [-0.05, 0) is 42.4 Å². The first-order valence-electron chi connectivity index (χ1n) is 28.4. The molecule has 5 aliphatic rings. The van der Waals surface area contributed by atoms with Gasteiger partial charge in [-0.2, -0.15) is 0 Å². The molecule has 0 N–H and O–H groups in total. The zero-order valence-corrected chi connectivity index (χ0v) is 45.9. The molecule has 0 saturated heterocycles. The number of aryl methyl sites for hydroxylation is 5. The first-order valence-corrected chi connectivity index (χ1v) is 29.5. The van der Waals surface area contributed by atoms with Gasteiger partial charge in [-0.3, -0.25) is 0 Å². The number of aromatic nitrogens is 4. The third-order valence-electron chi connectivity index (χ3n) is 19.3. The van der Waals surface area contributed by atoms with Crippen molar-refractivity contribution in [1.29, 1.82) is 0 Å². The summed E-state index contributed by atoms with van der Waals surface area (Å²) in [5.74, 6) is 3.17. The molecule has 8 aromatic carbocycles. The fourth-order valence-corrected chi connectivity index (χ4v) is 16.9. The monoisotopic (exact) mass is 1180 g/mol. The van der Waals surface area contributed by atoms with Crippen molar-refractivity contribution in [2.75, 3.05) is 0 Å². The van der Waals surface area contributed by atoms with Gasteiger partial charge < -0.3 is 0 Å². The van der Waals surface area contributed by atoms with Crippen LogP contribution in [0.4, 0.5) is 0 Å². The van der Waals surface area contributed by atoms with Crippen molar-refractivity contribution < 1.29 is 24.1 Å². The molecule has 3 aromatic heterocycles. The third-order valence-corrected chi connectivity index (χ3v) is 20.3. The van der Waals surface area contributed by atoms with Gasteiger partial charge in [-0.15, -0.1) is 0 Å². The van der Waals surface area contributed by atoms with Crippen LogP contribution in [0.15, 0.2) is 182 Å². The topological polar surface area (TPSA) is 36.9 Å². The predicted molar refractivity (Wildman–Crippen MR) is 308 cm³/mol. The summed E-state index contributed by atoms with van der Waals surface area (Å²) < 4.78 is 15.7. The molecule has 1 fully saturated rings. The van der Waals surface area contributed by atoms with Crippen LogP contribution >= 0.6 is 0 Å². The van der Waals surface area contributed by atoms with Gasteiger partial charge >= 0.3 is 354 Å². The number of benzene rings is 8. The van der Waals surface area contributed by atoms with Crippen molar-refractivity contribution >= 4 is 32.8 Å². The van der Waals surface area contributed by atoms with Gasteiger partial charge in [0.05, 0.1) is 0 Å². The Hall–Kier alpha value is -7.33. The van der Waals surface area contributed by atoms with Crippen LogP contribution in [-0.2, 0) is 55.9 Å². The maximum absolute atomic E-state index is 6.99. The Morgan fingerprint density at radius 3 is 1.79 bits per heavy atom. The Kier molecular flexibility index (Phi) is 10.5. The van der Waals surface area contributed by atoms with Crippen LogP contribution in [-0.4, -0.2) is 18.7 Å². The Morgan fingerprint density at radius 2 is 1.10 bits per heavy atom. The van der Waals surface area contributed by atoms with Crippen molar-refractivity contribution in [3.8, 4) is 39.8 Å². The van der Waals surface area contributed by atoms with E-state index in [-0.39, 0.29) is 10.8 Å². The van der Waals surface area contributed by atoms with E-state index in [0.29, 0.717) is 5.92 Å². The van der Waals surface area contributed by atoms with E-state index in [1.165, 1.54) is 110 Å². The van der Waals surface area contributed by atoms with E-state index in [2.05, 4.69) is 222 Å². The number of fused-ring (bicyclic) bond motifs is 12. The summed E-state index contributed by atoms with van der Waals surface area (Å²) >= 11 is 2.66. The van der Waals surface area contributed by atoms with E-state index in [4.69, 9.17) is 9.72 Å². The van der Waals surface area contributed by atoms with Crippen molar-refractivity contribution in [2.24, 2.45) is 0 Å². The fraction of sp³-hybridized carbons (Fsp3) is 0.239. The first-order chi connectivity index (χ1) is 37.9. The molecular weight excluding hydrogens is 1120 g/mol. The van der Waals surface area contributed by atoms with Crippen LogP contribution in [0.2, 0.25) is 0 Å². The van der Waals surface area contributed by atoms with Gasteiger partial charge in [-0.25, -0.2) is 0 Å². The minimum absolute atomic E-state index is 0.0166. The van der Waals surface area contributed by atoms with Gasteiger partial charge in [0.1, 0.15) is 0 Å². The molecule has 2 unspecified atom stereocenters. The molecule has 5 nitrogen and oxygen atoms in total. The predicted octanol–water partition coefficient (Wildman–Crippen LogP) is 17.2. The van der Waals surface area contributed by atoms with Crippen LogP contribution in [0, 0.1) is 10.7 Å². The van der Waals surface area contributed by atoms with Gasteiger partial charge in [0, 0.05) is 11.8 Å². The standard InChI is InChI=1S/C71H60N4O.Pt/c1-46-40-66(72-44-59(46)49-28-26-48(27-29-49)47-14-3-2-4-15-47)75-62-23-10-7-20-57(62)58-31-30-56(43-65(58)75)76-55-19-13-18-54(42-55)73-45-74(64-25-12-11-24-63(64)73)69-67-52(34-38-70(67)36-32-50-16-5-8-21-60(50)70)41-53-35-39-71(68(53)69)37-33-51-17-6-9-22-61(51)71;/h5-13,16-31,40-44,47H,2-4,14-15,32-39H2,1H3;. The molecule has 16 rings (SSSR count). The summed E-state index contributed by atoms with van der Waals surface area (Å²) in [6.45, 7) is 2.22. The zero-order chi connectivity index (χ0) is 51.0. The normalized spacial score (nSPS) is 19.5. The molecule has 6 heteroatoms. The van der Waals surface area contributed by atoms with Crippen LogP contribution in [0.3, 0.4) is 0 Å². The van der Waals surface area contributed by atoms with E-state index in [1.54, 1.807) is 33.4 Å². The Bertz CT molecular complexity index is 4210. The van der Waals surface area contributed by atoms with E-state index < -0.39 is 0 Å². The Balaban J connectivity index is 0.806. The van der Waals surface area contributed by atoms with Crippen LogP contribution in [0.25, 0.3) is 61.2 Å². The van der Waals surface area contributed by atoms with E-state index in [0.717, 1.165) is 72.6 Å². The molecule has 0 bridgehead atoms. The summed E-state index contributed by atoms with van der Waals surface area (Å²) in [5, 5.41) is 2.37. The summed E-state index contributed by atoms with van der Waals surface area (Å²) in [4.78, 5) is 5.20. The van der Waals surface area contributed by atoms with E-state index in [1.807, 2.05) is 0 Å². The average Bonchev–Trinajstić information content (AvgIpc) is 4.41. The van der Waals surface area contributed by atoms with E-state index in [9.17, 15) is 0 Å². The Morgan fingerprint density at radius 1 is 0.506 bits per heavy atom. The number of hydrogen-bond acceptors (Lipinski definition) is 2. The molecular formula is C71H60N4OPt. The van der Waals surface area contributed by atoms with Gasteiger partial charge in [0.25, 0.3) is 0 Å². The summed E-state index contributed by atoms with van der Waals surface area (Å²) in [6.07, 6.45) is 17.9. The molecule has 3 heterocycles. The second-order valence-corrected chi connectivity index (χ2v) is 24.1. The quantitative estimate of drug-likeness (QED) is 0.159. The molecule has 1 saturated carbocycles. The van der Waals surface area contributed by atoms with E-state index >= 15 is 0 Å². The Labute approximate surface area is 461 Å². The van der Waals surface area contributed by atoms with Gasteiger partial charge in [0.15, 0.2) is 0 Å². The average molecular weight is 1180 g/mol. The fourth-order valence-electron chi connectivity index (χ4n) is 15.8. The zero-order valence-electron chi connectivity index (χ0n) is 43.6. The number of nitrogens with zero attached hydrogens (tertiary/aromatic N) is 4. The molecule has 77 heavy (non-hydrogen) atoms. The first kappa shape index (κ1) is 45.8. The van der Waals surface area contributed by atoms with Crippen LogP contribution in [0.5, 0.6) is 11.5 Å². The number of hydrogen-bond donors (Lipinski definition) is 0. The summed E-state index contributed by atoms with van der Waals surface area (Å²) in [5.41, 5.74) is 24.7.